The Morgan fingerprint density at radius 1 is 1.33 bits per heavy atom. The standard InChI is InChI=1S/C6H9F3/c1-2-3-4-5-6(7,8)9/h4-5H,2-3H2,1H3/b5-4-. The first-order valence-corrected chi connectivity index (χ1v) is 2.80. The van der Waals surface area contributed by atoms with Gasteiger partial charge in [-0.15, -0.1) is 0 Å². The van der Waals surface area contributed by atoms with E-state index in [1.807, 2.05) is 6.92 Å². The molecule has 0 nitrogen and oxygen atoms in total. The van der Waals surface area contributed by atoms with E-state index in [1.54, 1.807) is 0 Å². The highest BCUT2D eigenvalue weighted by Gasteiger charge is 2.21. The van der Waals surface area contributed by atoms with Gasteiger partial charge < -0.3 is 0 Å². The molecule has 0 aliphatic heterocycles. The van der Waals surface area contributed by atoms with Crippen molar-refractivity contribution in [1.82, 2.24) is 0 Å². The number of hydrogen-bond donors (Lipinski definition) is 0. The Kier molecular flexibility index (Phi) is 3.35. The molecular formula is C6H9F3. The molecule has 0 amide bonds. The van der Waals surface area contributed by atoms with Gasteiger partial charge in [0, 0.05) is 6.08 Å². The zero-order valence-electron chi connectivity index (χ0n) is 5.20. The summed E-state index contributed by atoms with van der Waals surface area (Å²) in [5.74, 6) is 0. The highest BCUT2D eigenvalue weighted by Crippen LogP contribution is 2.16. The number of hydrogen-bond acceptors (Lipinski definition) is 0. The summed E-state index contributed by atoms with van der Waals surface area (Å²) in [7, 11) is 0. The molecule has 0 aromatic carbocycles. The topological polar surface area (TPSA) is 0 Å². The molecule has 0 aromatic heterocycles. The lowest BCUT2D eigenvalue weighted by molar-refractivity contribution is -0.0800. The Labute approximate surface area is 52.4 Å². The molecule has 0 spiro atoms. The van der Waals surface area contributed by atoms with Crippen LogP contribution in [-0.4, -0.2) is 6.18 Å². The SMILES string of the molecule is CCC/C=C\C(F)(F)F. The van der Waals surface area contributed by atoms with Gasteiger partial charge in [0.25, 0.3) is 0 Å². The van der Waals surface area contributed by atoms with E-state index in [1.165, 1.54) is 0 Å². The lowest BCUT2D eigenvalue weighted by Crippen LogP contribution is -2.00. The monoisotopic (exact) mass is 138 g/mol. The normalized spacial score (nSPS) is 12.9. The first-order valence-electron chi connectivity index (χ1n) is 2.80. The molecule has 0 saturated carbocycles. The fourth-order valence-corrected chi connectivity index (χ4v) is 0.384. The van der Waals surface area contributed by atoms with E-state index in [0.29, 0.717) is 6.42 Å². The molecule has 0 bridgehead atoms. The first-order chi connectivity index (χ1) is 4.06. The average Bonchev–Trinajstić information content (AvgIpc) is 1.63. The van der Waals surface area contributed by atoms with Crippen LogP contribution in [0, 0.1) is 0 Å². The summed E-state index contributed by atoms with van der Waals surface area (Å²) in [6.07, 6.45) is -1.46. The van der Waals surface area contributed by atoms with Gasteiger partial charge in [-0.2, -0.15) is 13.2 Å². The fraction of sp³-hybridized carbons (Fsp3) is 0.667. The predicted octanol–water partition coefficient (Wildman–Crippen LogP) is 2.91. The van der Waals surface area contributed by atoms with Crippen molar-refractivity contribution in [3.63, 3.8) is 0 Å². The number of unbranched alkanes of at least 4 members (excludes halogenated alkanes) is 1. The smallest absolute Gasteiger partial charge is 0.167 e. The minimum atomic E-state index is -4.13. The molecule has 0 aliphatic rings. The van der Waals surface area contributed by atoms with Gasteiger partial charge in [0.05, 0.1) is 0 Å². The van der Waals surface area contributed by atoms with Crippen LogP contribution in [0.1, 0.15) is 19.8 Å². The van der Waals surface area contributed by atoms with E-state index in [9.17, 15) is 13.2 Å². The first kappa shape index (κ1) is 8.53. The van der Waals surface area contributed by atoms with Crippen molar-refractivity contribution < 1.29 is 13.2 Å². The molecule has 0 radical (unpaired) electrons. The van der Waals surface area contributed by atoms with Gasteiger partial charge in [0.1, 0.15) is 0 Å². The van der Waals surface area contributed by atoms with Crippen molar-refractivity contribution in [2.24, 2.45) is 0 Å². The minimum Gasteiger partial charge on any atom is -0.167 e. The Hall–Kier alpha value is -0.470. The van der Waals surface area contributed by atoms with E-state index in [-0.39, 0.29) is 6.08 Å². The Balaban J connectivity index is 3.45. The van der Waals surface area contributed by atoms with Crippen LogP contribution in [-0.2, 0) is 0 Å². The molecule has 9 heavy (non-hydrogen) atoms. The summed E-state index contributed by atoms with van der Waals surface area (Å²) in [5, 5.41) is 0. The zero-order chi connectivity index (χ0) is 7.33. The van der Waals surface area contributed by atoms with Gasteiger partial charge in [0.15, 0.2) is 0 Å². The molecule has 0 atom stereocenters. The molecule has 0 unspecified atom stereocenters. The molecular weight excluding hydrogens is 129 g/mol. The maximum absolute atomic E-state index is 11.3. The maximum Gasteiger partial charge on any atom is 0.409 e. The van der Waals surface area contributed by atoms with Crippen LogP contribution in [0.25, 0.3) is 0 Å². The van der Waals surface area contributed by atoms with E-state index in [4.69, 9.17) is 0 Å². The highest BCUT2D eigenvalue weighted by atomic mass is 19.4. The lowest BCUT2D eigenvalue weighted by Gasteiger charge is -1.95. The zero-order valence-corrected chi connectivity index (χ0v) is 5.20. The van der Waals surface area contributed by atoms with E-state index in [2.05, 4.69) is 0 Å². The molecule has 0 aromatic rings. The third-order valence-electron chi connectivity index (χ3n) is 0.762. The van der Waals surface area contributed by atoms with Crippen molar-refractivity contribution >= 4 is 0 Å². The second kappa shape index (κ2) is 3.54. The summed E-state index contributed by atoms with van der Waals surface area (Å²) in [6, 6.07) is 0. The maximum atomic E-state index is 11.3. The van der Waals surface area contributed by atoms with Crippen molar-refractivity contribution in [2.45, 2.75) is 25.9 Å². The van der Waals surface area contributed by atoms with Crippen LogP contribution in [0.2, 0.25) is 0 Å². The average molecular weight is 138 g/mol. The second-order valence-corrected chi connectivity index (χ2v) is 1.73. The summed E-state index contributed by atoms with van der Waals surface area (Å²) < 4.78 is 33.9. The summed E-state index contributed by atoms with van der Waals surface area (Å²) in [5.41, 5.74) is 0. The highest BCUT2D eigenvalue weighted by molar-refractivity contribution is 4.87. The van der Waals surface area contributed by atoms with Gasteiger partial charge >= 0.3 is 6.18 Å². The number of allylic oxidation sites excluding steroid dienone is 2. The van der Waals surface area contributed by atoms with Crippen LogP contribution in [0.3, 0.4) is 0 Å². The van der Waals surface area contributed by atoms with Crippen molar-refractivity contribution in [2.75, 3.05) is 0 Å². The Morgan fingerprint density at radius 3 is 2.22 bits per heavy atom. The molecule has 3 heteroatoms. The summed E-state index contributed by atoms with van der Waals surface area (Å²) in [4.78, 5) is 0. The molecule has 0 fully saturated rings. The van der Waals surface area contributed by atoms with Gasteiger partial charge in [0.2, 0.25) is 0 Å². The Bertz CT molecular complexity index is 91.0. The van der Waals surface area contributed by atoms with Crippen LogP contribution in [0.15, 0.2) is 12.2 Å². The van der Waals surface area contributed by atoms with Crippen LogP contribution in [0.4, 0.5) is 13.2 Å². The van der Waals surface area contributed by atoms with Crippen LogP contribution < -0.4 is 0 Å². The fourth-order valence-electron chi connectivity index (χ4n) is 0.384. The van der Waals surface area contributed by atoms with Crippen molar-refractivity contribution in [3.05, 3.63) is 12.2 Å². The van der Waals surface area contributed by atoms with Crippen molar-refractivity contribution in [1.29, 1.82) is 0 Å². The largest absolute Gasteiger partial charge is 0.409 e. The van der Waals surface area contributed by atoms with E-state index >= 15 is 0 Å². The molecule has 0 N–H and O–H groups in total. The van der Waals surface area contributed by atoms with Gasteiger partial charge in [-0.3, -0.25) is 0 Å². The molecule has 0 aliphatic carbocycles. The molecule has 0 heterocycles. The number of halogens is 3. The van der Waals surface area contributed by atoms with Gasteiger partial charge in [-0.05, 0) is 6.42 Å². The van der Waals surface area contributed by atoms with E-state index in [0.717, 1.165) is 12.5 Å². The Morgan fingerprint density at radius 2 is 1.89 bits per heavy atom. The van der Waals surface area contributed by atoms with E-state index < -0.39 is 6.18 Å². The van der Waals surface area contributed by atoms with Gasteiger partial charge in [-0.1, -0.05) is 19.4 Å². The number of rotatable bonds is 2. The third-order valence-corrected chi connectivity index (χ3v) is 0.762. The minimum absolute atomic E-state index is 0.274. The third kappa shape index (κ3) is 7.53. The van der Waals surface area contributed by atoms with Gasteiger partial charge in [-0.25, -0.2) is 0 Å². The summed E-state index contributed by atoms with van der Waals surface area (Å²) >= 11 is 0. The predicted molar refractivity (Wildman–Crippen MR) is 30.1 cm³/mol. The second-order valence-electron chi connectivity index (χ2n) is 1.73. The van der Waals surface area contributed by atoms with Crippen LogP contribution >= 0.6 is 0 Å². The molecule has 54 valence electrons. The number of alkyl halides is 3. The quantitative estimate of drug-likeness (QED) is 0.514. The van der Waals surface area contributed by atoms with Crippen molar-refractivity contribution in [3.8, 4) is 0 Å². The lowest BCUT2D eigenvalue weighted by atomic mass is 10.3. The summed E-state index contributed by atoms with van der Waals surface area (Å²) in [6.45, 7) is 1.83. The molecule has 0 rings (SSSR count). The molecule has 0 saturated heterocycles. The van der Waals surface area contributed by atoms with Crippen LogP contribution in [0.5, 0.6) is 0 Å².